The second-order valence-electron chi connectivity index (χ2n) is 8.38. The van der Waals surface area contributed by atoms with Crippen LogP contribution in [0.4, 0.5) is 0 Å². The second kappa shape index (κ2) is 6.67. The molecular formula is C19H32O2Si. The Kier molecular flexibility index (Phi) is 5.80. The van der Waals surface area contributed by atoms with Crippen LogP contribution in [0.5, 0.6) is 0 Å². The SMILES string of the molecule is CC(=O)c1ccc(C(C)(C)CCO[Si](C)(C)C(C)(C)C)cc1. The molecule has 0 fully saturated rings. The molecule has 1 rings (SSSR count). The average Bonchev–Trinajstić information content (AvgIpc) is 2.37. The first-order chi connectivity index (χ1) is 9.87. The first-order valence-corrected chi connectivity index (χ1v) is 11.0. The lowest BCUT2D eigenvalue weighted by Gasteiger charge is -2.37. The van der Waals surface area contributed by atoms with Crippen LogP contribution in [0.1, 0.15) is 63.9 Å². The van der Waals surface area contributed by atoms with Crippen LogP contribution in [0.3, 0.4) is 0 Å². The van der Waals surface area contributed by atoms with Crippen molar-refractivity contribution in [2.75, 3.05) is 6.61 Å². The number of Topliss-reactive ketones (excluding diaryl/α,β-unsaturated/α-hetero) is 1. The summed E-state index contributed by atoms with van der Waals surface area (Å²) in [6.07, 6.45) is 0.985. The summed E-state index contributed by atoms with van der Waals surface area (Å²) in [6.45, 7) is 18.3. The summed E-state index contributed by atoms with van der Waals surface area (Å²) in [5.74, 6) is 0.116. The van der Waals surface area contributed by atoms with E-state index in [4.69, 9.17) is 4.43 Å². The fourth-order valence-electron chi connectivity index (χ4n) is 2.08. The van der Waals surface area contributed by atoms with Crippen molar-refractivity contribution in [1.29, 1.82) is 0 Å². The number of carbonyl (C=O) groups excluding carboxylic acids is 1. The number of rotatable bonds is 6. The van der Waals surface area contributed by atoms with Gasteiger partial charge in [-0.15, -0.1) is 0 Å². The normalized spacial score (nSPS) is 13.3. The Hall–Kier alpha value is -0.933. The monoisotopic (exact) mass is 320 g/mol. The van der Waals surface area contributed by atoms with E-state index in [9.17, 15) is 4.79 Å². The Labute approximate surface area is 137 Å². The van der Waals surface area contributed by atoms with Gasteiger partial charge < -0.3 is 4.43 Å². The maximum atomic E-state index is 11.4. The van der Waals surface area contributed by atoms with E-state index in [0.29, 0.717) is 0 Å². The maximum Gasteiger partial charge on any atom is 0.191 e. The highest BCUT2D eigenvalue weighted by molar-refractivity contribution is 6.74. The Morgan fingerprint density at radius 1 is 1.05 bits per heavy atom. The van der Waals surface area contributed by atoms with Gasteiger partial charge in [0, 0.05) is 12.2 Å². The van der Waals surface area contributed by atoms with Crippen molar-refractivity contribution in [3.05, 3.63) is 35.4 Å². The molecule has 0 aliphatic carbocycles. The topological polar surface area (TPSA) is 26.3 Å². The van der Waals surface area contributed by atoms with Gasteiger partial charge in [-0.2, -0.15) is 0 Å². The third kappa shape index (κ3) is 4.78. The molecule has 0 radical (unpaired) electrons. The lowest BCUT2D eigenvalue weighted by Crippen LogP contribution is -2.41. The van der Waals surface area contributed by atoms with Crippen LogP contribution in [0, 0.1) is 0 Å². The molecule has 0 aliphatic rings. The van der Waals surface area contributed by atoms with Gasteiger partial charge in [0.25, 0.3) is 0 Å². The Morgan fingerprint density at radius 2 is 1.55 bits per heavy atom. The minimum absolute atomic E-state index is 0.0533. The molecule has 1 aromatic carbocycles. The van der Waals surface area contributed by atoms with Crippen molar-refractivity contribution < 1.29 is 9.22 Å². The first kappa shape index (κ1) is 19.1. The molecule has 124 valence electrons. The van der Waals surface area contributed by atoms with Gasteiger partial charge in [-0.3, -0.25) is 4.79 Å². The van der Waals surface area contributed by atoms with Crippen molar-refractivity contribution in [2.24, 2.45) is 0 Å². The van der Waals surface area contributed by atoms with Crippen LogP contribution in [0.15, 0.2) is 24.3 Å². The zero-order valence-electron chi connectivity index (χ0n) is 15.5. The molecule has 0 unspecified atom stereocenters. The molecule has 0 saturated heterocycles. The number of hydrogen-bond acceptors (Lipinski definition) is 2. The highest BCUT2D eigenvalue weighted by Gasteiger charge is 2.37. The summed E-state index contributed by atoms with van der Waals surface area (Å²) < 4.78 is 6.30. The van der Waals surface area contributed by atoms with Crippen molar-refractivity contribution in [1.82, 2.24) is 0 Å². The summed E-state index contributed by atoms with van der Waals surface area (Å²) >= 11 is 0. The smallest absolute Gasteiger partial charge is 0.191 e. The van der Waals surface area contributed by atoms with E-state index in [1.807, 2.05) is 12.1 Å². The quantitative estimate of drug-likeness (QED) is 0.505. The number of hydrogen-bond donors (Lipinski definition) is 0. The number of ketones is 1. The van der Waals surface area contributed by atoms with Crippen molar-refractivity contribution >= 4 is 14.1 Å². The fourth-order valence-corrected chi connectivity index (χ4v) is 3.12. The Bertz CT molecular complexity index is 507. The van der Waals surface area contributed by atoms with E-state index >= 15 is 0 Å². The molecule has 22 heavy (non-hydrogen) atoms. The van der Waals surface area contributed by atoms with Crippen LogP contribution in [-0.4, -0.2) is 20.7 Å². The molecule has 0 aliphatic heterocycles. The summed E-state index contributed by atoms with van der Waals surface area (Å²) in [7, 11) is -1.67. The lowest BCUT2D eigenvalue weighted by atomic mass is 9.81. The van der Waals surface area contributed by atoms with E-state index in [0.717, 1.165) is 18.6 Å². The van der Waals surface area contributed by atoms with Gasteiger partial charge in [0.15, 0.2) is 14.1 Å². The molecular weight excluding hydrogens is 288 g/mol. The van der Waals surface area contributed by atoms with E-state index in [-0.39, 0.29) is 16.2 Å². The zero-order valence-corrected chi connectivity index (χ0v) is 16.5. The van der Waals surface area contributed by atoms with Gasteiger partial charge in [0.05, 0.1) is 0 Å². The van der Waals surface area contributed by atoms with E-state index in [1.165, 1.54) is 5.56 Å². The Balaban J connectivity index is 2.70. The first-order valence-electron chi connectivity index (χ1n) is 8.12. The lowest BCUT2D eigenvalue weighted by molar-refractivity contribution is 0.101. The summed E-state index contributed by atoms with van der Waals surface area (Å²) in [5.41, 5.74) is 2.09. The van der Waals surface area contributed by atoms with Gasteiger partial charge >= 0.3 is 0 Å². The molecule has 0 atom stereocenters. The standard InChI is InChI=1S/C19H32O2Si/c1-15(20)16-9-11-17(12-10-16)19(5,6)13-14-21-22(7,8)18(2,3)4/h9-12H,13-14H2,1-8H3. The van der Waals surface area contributed by atoms with Crippen LogP contribution in [0.25, 0.3) is 0 Å². The fraction of sp³-hybridized carbons (Fsp3) is 0.632. The summed E-state index contributed by atoms with van der Waals surface area (Å²) in [4.78, 5) is 11.4. The molecule has 0 bridgehead atoms. The largest absolute Gasteiger partial charge is 0.417 e. The van der Waals surface area contributed by atoms with Crippen LogP contribution in [0.2, 0.25) is 18.1 Å². The Morgan fingerprint density at radius 3 is 1.95 bits per heavy atom. The highest BCUT2D eigenvalue weighted by Crippen LogP contribution is 2.37. The number of benzene rings is 1. The molecule has 0 aromatic heterocycles. The van der Waals surface area contributed by atoms with Crippen molar-refractivity contribution in [3.8, 4) is 0 Å². The van der Waals surface area contributed by atoms with Gasteiger partial charge in [-0.25, -0.2) is 0 Å². The summed E-state index contributed by atoms with van der Waals surface area (Å²) in [6, 6.07) is 7.99. The maximum absolute atomic E-state index is 11.4. The second-order valence-corrected chi connectivity index (χ2v) is 13.2. The van der Waals surface area contributed by atoms with Crippen molar-refractivity contribution in [2.45, 2.75) is 71.5 Å². The van der Waals surface area contributed by atoms with Crippen molar-refractivity contribution in [3.63, 3.8) is 0 Å². The van der Waals surface area contributed by atoms with Gasteiger partial charge in [0.1, 0.15) is 0 Å². The van der Waals surface area contributed by atoms with Crippen LogP contribution in [-0.2, 0) is 9.84 Å². The van der Waals surface area contributed by atoms with Gasteiger partial charge in [-0.1, -0.05) is 58.9 Å². The molecule has 0 amide bonds. The van der Waals surface area contributed by atoms with E-state index in [1.54, 1.807) is 6.92 Å². The predicted molar refractivity (Wildman–Crippen MR) is 97.2 cm³/mol. The van der Waals surface area contributed by atoms with Gasteiger partial charge in [0.2, 0.25) is 0 Å². The third-order valence-corrected chi connectivity index (χ3v) is 9.61. The zero-order chi connectivity index (χ0) is 17.2. The van der Waals surface area contributed by atoms with Gasteiger partial charge in [-0.05, 0) is 42.5 Å². The molecule has 2 nitrogen and oxygen atoms in total. The van der Waals surface area contributed by atoms with Crippen LogP contribution < -0.4 is 0 Å². The molecule has 0 spiro atoms. The minimum atomic E-state index is -1.67. The average molecular weight is 321 g/mol. The third-order valence-electron chi connectivity index (χ3n) is 5.07. The minimum Gasteiger partial charge on any atom is -0.417 e. The summed E-state index contributed by atoms with van der Waals surface area (Å²) in [5, 5.41) is 0.250. The van der Waals surface area contributed by atoms with E-state index in [2.05, 4.69) is 59.8 Å². The van der Waals surface area contributed by atoms with Crippen LogP contribution >= 0.6 is 0 Å². The molecule has 0 saturated carbocycles. The van der Waals surface area contributed by atoms with E-state index < -0.39 is 8.32 Å². The molecule has 1 aromatic rings. The number of carbonyl (C=O) groups is 1. The molecule has 3 heteroatoms. The molecule has 0 heterocycles. The predicted octanol–water partition coefficient (Wildman–Crippen LogP) is 5.58. The highest BCUT2D eigenvalue weighted by atomic mass is 28.4. The molecule has 0 N–H and O–H groups in total.